The molecule has 1 amide bonds. The van der Waals surface area contributed by atoms with Gasteiger partial charge in [0, 0.05) is 26.1 Å². The van der Waals surface area contributed by atoms with Gasteiger partial charge in [-0.25, -0.2) is 0 Å². The van der Waals surface area contributed by atoms with Crippen molar-refractivity contribution in [3.63, 3.8) is 0 Å². The third kappa shape index (κ3) is 8.89. The molecule has 0 bridgehead atoms. The molecular formula is C20H32N3O2. The van der Waals surface area contributed by atoms with Crippen LogP contribution in [0, 0.1) is 6.42 Å². The summed E-state index contributed by atoms with van der Waals surface area (Å²) in [6, 6.07) is 7.28. The third-order valence-corrected chi connectivity index (χ3v) is 4.57. The van der Waals surface area contributed by atoms with Gasteiger partial charge in [0.1, 0.15) is 5.75 Å². The molecule has 5 nitrogen and oxygen atoms in total. The van der Waals surface area contributed by atoms with Crippen molar-refractivity contribution in [1.82, 2.24) is 15.5 Å². The number of aromatic hydroxyl groups is 1. The second-order valence-electron chi connectivity index (χ2n) is 6.71. The summed E-state index contributed by atoms with van der Waals surface area (Å²) >= 11 is 0. The highest BCUT2D eigenvalue weighted by Gasteiger charge is 2.11. The summed E-state index contributed by atoms with van der Waals surface area (Å²) in [5, 5.41) is 15.7. The molecular weight excluding hydrogens is 314 g/mol. The first kappa shape index (κ1) is 19.7. The van der Waals surface area contributed by atoms with Gasteiger partial charge >= 0.3 is 0 Å². The number of carbonyl (C=O) groups excluding carboxylic acids is 1. The largest absolute Gasteiger partial charge is 0.508 e. The van der Waals surface area contributed by atoms with Crippen LogP contribution in [0.5, 0.6) is 5.75 Å². The lowest BCUT2D eigenvalue weighted by Crippen LogP contribution is -2.34. The van der Waals surface area contributed by atoms with Gasteiger partial charge in [-0.3, -0.25) is 4.79 Å². The lowest BCUT2D eigenvalue weighted by atomic mass is 10.1. The number of nitrogens with one attached hydrogen (secondary N) is 2. The van der Waals surface area contributed by atoms with Crippen molar-refractivity contribution in [2.24, 2.45) is 0 Å². The maximum absolute atomic E-state index is 11.8. The fraction of sp³-hybridized carbons (Fsp3) is 0.600. The molecule has 2 rings (SSSR count). The normalized spacial score (nSPS) is 15.2. The van der Waals surface area contributed by atoms with Crippen molar-refractivity contribution in [2.75, 3.05) is 32.7 Å². The predicted molar refractivity (Wildman–Crippen MR) is 101 cm³/mol. The Hall–Kier alpha value is -1.59. The summed E-state index contributed by atoms with van der Waals surface area (Å²) < 4.78 is 0. The molecule has 139 valence electrons. The van der Waals surface area contributed by atoms with Crippen LogP contribution in [0.2, 0.25) is 0 Å². The zero-order valence-electron chi connectivity index (χ0n) is 15.2. The molecule has 1 aliphatic heterocycles. The van der Waals surface area contributed by atoms with Gasteiger partial charge in [-0.15, -0.1) is 0 Å². The molecule has 1 heterocycles. The first-order valence-electron chi connectivity index (χ1n) is 9.53. The van der Waals surface area contributed by atoms with E-state index in [1.165, 1.54) is 5.56 Å². The highest BCUT2D eigenvalue weighted by Crippen LogP contribution is 2.09. The predicted octanol–water partition coefficient (Wildman–Crippen LogP) is 2.46. The van der Waals surface area contributed by atoms with Crippen LogP contribution in [0.25, 0.3) is 0 Å². The molecule has 0 aliphatic carbocycles. The van der Waals surface area contributed by atoms with Gasteiger partial charge in [-0.1, -0.05) is 18.6 Å². The van der Waals surface area contributed by atoms with E-state index in [0.717, 1.165) is 71.4 Å². The number of amides is 1. The number of rotatable bonds is 11. The molecule has 1 aromatic carbocycles. The van der Waals surface area contributed by atoms with Crippen LogP contribution in [0.1, 0.15) is 44.1 Å². The number of unbranched alkanes of at least 4 members (excludes halogenated alkanes) is 2. The van der Waals surface area contributed by atoms with E-state index in [1.54, 1.807) is 12.1 Å². The van der Waals surface area contributed by atoms with Crippen molar-refractivity contribution in [2.45, 2.75) is 45.1 Å². The molecule has 1 saturated heterocycles. The summed E-state index contributed by atoms with van der Waals surface area (Å²) in [6.07, 6.45) is 8.52. The highest BCUT2D eigenvalue weighted by molar-refractivity contribution is 5.75. The minimum absolute atomic E-state index is 0.181. The van der Waals surface area contributed by atoms with E-state index >= 15 is 0 Å². The van der Waals surface area contributed by atoms with E-state index in [4.69, 9.17) is 0 Å². The maximum atomic E-state index is 11.8. The van der Waals surface area contributed by atoms with Crippen molar-refractivity contribution in [1.29, 1.82) is 0 Å². The third-order valence-electron chi connectivity index (χ3n) is 4.57. The fourth-order valence-corrected chi connectivity index (χ4v) is 3.00. The highest BCUT2D eigenvalue weighted by atomic mass is 16.3. The van der Waals surface area contributed by atoms with E-state index in [0.29, 0.717) is 12.2 Å². The van der Waals surface area contributed by atoms with E-state index in [-0.39, 0.29) is 5.91 Å². The van der Waals surface area contributed by atoms with Crippen LogP contribution in [0.4, 0.5) is 0 Å². The summed E-state index contributed by atoms with van der Waals surface area (Å²) in [7, 11) is 0. The number of phenols is 1. The fourth-order valence-electron chi connectivity index (χ4n) is 3.00. The van der Waals surface area contributed by atoms with Gasteiger partial charge in [-0.05, 0) is 69.4 Å². The second kappa shape index (κ2) is 11.9. The van der Waals surface area contributed by atoms with Gasteiger partial charge < -0.3 is 20.6 Å². The van der Waals surface area contributed by atoms with Crippen LogP contribution in [0.3, 0.4) is 0 Å². The molecule has 1 aromatic rings. The number of phenolic OH excluding ortho intramolecular Hbond substituents is 1. The SMILES string of the molecule is O=C(CCN1CC[CH]CC1)NCCCCCNCc1ccc(O)cc1. The average Bonchev–Trinajstić information content (AvgIpc) is 2.64. The first-order chi connectivity index (χ1) is 12.2. The van der Waals surface area contributed by atoms with Crippen molar-refractivity contribution >= 4 is 5.91 Å². The van der Waals surface area contributed by atoms with Gasteiger partial charge in [0.15, 0.2) is 0 Å². The van der Waals surface area contributed by atoms with Crippen LogP contribution in [-0.4, -0.2) is 48.6 Å². The van der Waals surface area contributed by atoms with Crippen LogP contribution >= 0.6 is 0 Å². The number of hydrogen-bond donors (Lipinski definition) is 3. The maximum Gasteiger partial charge on any atom is 0.221 e. The Labute approximate surface area is 151 Å². The quantitative estimate of drug-likeness (QED) is 0.539. The van der Waals surface area contributed by atoms with Gasteiger partial charge in [0.05, 0.1) is 0 Å². The summed E-state index contributed by atoms with van der Waals surface area (Å²) in [5.41, 5.74) is 1.18. The number of piperidine rings is 1. The molecule has 1 aliphatic rings. The Balaban J connectivity index is 1.38. The van der Waals surface area contributed by atoms with Crippen molar-refractivity contribution in [3.8, 4) is 5.75 Å². The van der Waals surface area contributed by atoms with Gasteiger partial charge in [0.25, 0.3) is 0 Å². The summed E-state index contributed by atoms with van der Waals surface area (Å²) in [4.78, 5) is 14.2. The van der Waals surface area contributed by atoms with E-state index < -0.39 is 0 Å². The monoisotopic (exact) mass is 346 g/mol. The number of carbonyl (C=O) groups is 1. The zero-order valence-corrected chi connectivity index (χ0v) is 15.2. The zero-order chi connectivity index (χ0) is 17.7. The van der Waals surface area contributed by atoms with Crippen molar-refractivity contribution < 1.29 is 9.90 Å². The number of benzene rings is 1. The molecule has 25 heavy (non-hydrogen) atoms. The molecule has 3 N–H and O–H groups in total. The smallest absolute Gasteiger partial charge is 0.221 e. The molecule has 5 heteroatoms. The Bertz CT molecular complexity index is 484. The van der Waals surface area contributed by atoms with E-state index in [1.807, 2.05) is 12.1 Å². The number of hydrogen-bond acceptors (Lipinski definition) is 4. The molecule has 0 spiro atoms. The van der Waals surface area contributed by atoms with Gasteiger partial charge in [-0.2, -0.15) is 0 Å². The minimum Gasteiger partial charge on any atom is -0.508 e. The van der Waals surface area contributed by atoms with Crippen LogP contribution in [0.15, 0.2) is 24.3 Å². The molecule has 0 unspecified atom stereocenters. The summed E-state index contributed by atoms with van der Waals surface area (Å²) in [6.45, 7) is 5.67. The van der Waals surface area contributed by atoms with Crippen LogP contribution < -0.4 is 10.6 Å². The number of nitrogens with zero attached hydrogens (tertiary/aromatic N) is 1. The molecule has 0 atom stereocenters. The lowest BCUT2D eigenvalue weighted by Gasteiger charge is -2.25. The molecule has 0 saturated carbocycles. The van der Waals surface area contributed by atoms with E-state index in [2.05, 4.69) is 22.0 Å². The number of likely N-dealkylation sites (tertiary alicyclic amines) is 1. The molecule has 0 aromatic heterocycles. The molecule has 1 radical (unpaired) electrons. The standard InChI is InChI=1S/C20H32N3O2/c24-19-9-7-18(8-10-19)17-21-12-3-1-4-13-22-20(25)11-16-23-14-5-2-6-15-23/h2,7-10,21,24H,1,3-6,11-17H2,(H,22,25). The Morgan fingerprint density at radius 3 is 2.52 bits per heavy atom. The lowest BCUT2D eigenvalue weighted by molar-refractivity contribution is -0.121. The van der Waals surface area contributed by atoms with Crippen LogP contribution in [-0.2, 0) is 11.3 Å². The average molecular weight is 346 g/mol. The Morgan fingerprint density at radius 2 is 1.76 bits per heavy atom. The molecule has 1 fully saturated rings. The summed E-state index contributed by atoms with van der Waals surface area (Å²) in [5.74, 6) is 0.486. The van der Waals surface area contributed by atoms with Crippen molar-refractivity contribution in [3.05, 3.63) is 36.2 Å². The van der Waals surface area contributed by atoms with E-state index in [9.17, 15) is 9.90 Å². The second-order valence-corrected chi connectivity index (χ2v) is 6.71. The topological polar surface area (TPSA) is 64.6 Å². The Morgan fingerprint density at radius 1 is 1.04 bits per heavy atom. The Kier molecular flexibility index (Phi) is 9.37. The first-order valence-corrected chi connectivity index (χ1v) is 9.53. The van der Waals surface area contributed by atoms with Gasteiger partial charge in [0.2, 0.25) is 5.91 Å². The minimum atomic E-state index is 0.181.